The summed E-state index contributed by atoms with van der Waals surface area (Å²) in [4.78, 5) is 21.4. The number of H-pyrrole nitrogens is 1. The largest absolute Gasteiger partial charge is 0.356 e. The molecule has 1 aromatic heterocycles. The molecule has 3 aromatic carbocycles. The van der Waals surface area contributed by atoms with Gasteiger partial charge in [-0.15, -0.1) is 0 Å². The van der Waals surface area contributed by atoms with Crippen LogP contribution in [0, 0.1) is 13.8 Å². The minimum Gasteiger partial charge on any atom is -0.356 e. The Labute approximate surface area is 192 Å². The fourth-order valence-electron chi connectivity index (χ4n) is 5.33. The van der Waals surface area contributed by atoms with Crippen molar-refractivity contribution < 1.29 is 4.79 Å². The van der Waals surface area contributed by atoms with Gasteiger partial charge in [0.15, 0.2) is 5.11 Å². The maximum Gasteiger partial charge on any atom is 0.256 e. The lowest BCUT2D eigenvalue weighted by atomic mass is 9.89. The van der Waals surface area contributed by atoms with E-state index in [1.807, 2.05) is 43.3 Å². The van der Waals surface area contributed by atoms with Crippen LogP contribution in [0.2, 0.25) is 0 Å². The van der Waals surface area contributed by atoms with Gasteiger partial charge in [-0.25, -0.2) is 0 Å². The Bertz CT molecular complexity index is 1390. The quantitative estimate of drug-likeness (QED) is 0.425. The second kappa shape index (κ2) is 7.04. The molecule has 2 aliphatic heterocycles. The molecule has 1 saturated heterocycles. The van der Waals surface area contributed by atoms with Gasteiger partial charge in [0.05, 0.1) is 11.7 Å². The predicted molar refractivity (Wildman–Crippen MR) is 132 cm³/mol. The molecule has 1 amide bonds. The molecular weight excluding hydrogens is 414 g/mol. The molecule has 0 spiro atoms. The van der Waals surface area contributed by atoms with E-state index in [1.54, 1.807) is 4.90 Å². The first-order valence-electron chi connectivity index (χ1n) is 10.9. The van der Waals surface area contributed by atoms with E-state index in [2.05, 4.69) is 53.2 Å². The molecule has 32 heavy (non-hydrogen) atoms. The van der Waals surface area contributed by atoms with Crippen molar-refractivity contribution in [1.29, 1.82) is 0 Å². The van der Waals surface area contributed by atoms with Gasteiger partial charge in [0.25, 0.3) is 5.91 Å². The summed E-state index contributed by atoms with van der Waals surface area (Å²) in [6.07, 6.45) is 0.642. The number of aromatic amines is 1. The van der Waals surface area contributed by atoms with Crippen molar-refractivity contribution in [2.75, 3.05) is 4.90 Å². The number of fused-ring (bicyclic) bond motifs is 4. The third kappa shape index (κ3) is 2.67. The van der Waals surface area contributed by atoms with Gasteiger partial charge in [-0.2, -0.15) is 0 Å². The van der Waals surface area contributed by atoms with Gasteiger partial charge in [0.1, 0.15) is 6.04 Å². The number of benzene rings is 3. The molecule has 0 saturated carbocycles. The van der Waals surface area contributed by atoms with Crippen molar-refractivity contribution in [1.82, 2.24) is 9.88 Å². The highest BCUT2D eigenvalue weighted by molar-refractivity contribution is 7.80. The third-order valence-corrected chi connectivity index (χ3v) is 7.15. The minimum atomic E-state index is -0.319. The van der Waals surface area contributed by atoms with E-state index >= 15 is 0 Å². The van der Waals surface area contributed by atoms with Crippen molar-refractivity contribution in [3.8, 4) is 0 Å². The van der Waals surface area contributed by atoms with E-state index in [4.69, 9.17) is 12.2 Å². The first-order chi connectivity index (χ1) is 15.5. The molecule has 5 heteroatoms. The summed E-state index contributed by atoms with van der Waals surface area (Å²) in [5.41, 5.74) is 7.68. The molecule has 0 radical (unpaired) electrons. The fraction of sp³-hybridized carbons (Fsp3) is 0.185. The Morgan fingerprint density at radius 2 is 1.72 bits per heavy atom. The molecule has 0 unspecified atom stereocenters. The number of hydrogen-bond acceptors (Lipinski definition) is 2. The molecule has 0 bridgehead atoms. The van der Waals surface area contributed by atoms with E-state index in [0.29, 0.717) is 11.5 Å². The van der Waals surface area contributed by atoms with Gasteiger partial charge in [-0.05, 0) is 54.9 Å². The van der Waals surface area contributed by atoms with Crippen LogP contribution in [-0.2, 0) is 11.2 Å². The molecular formula is C27H23N3OS. The normalized spacial score (nSPS) is 20.1. The number of anilines is 1. The first-order valence-corrected chi connectivity index (χ1v) is 11.3. The number of carbonyl (C=O) groups excluding carboxylic acids is 1. The Kier molecular flexibility index (Phi) is 4.24. The molecule has 2 atom stereocenters. The maximum atomic E-state index is 13.8. The molecule has 158 valence electrons. The maximum absolute atomic E-state index is 13.8. The Morgan fingerprint density at radius 3 is 2.50 bits per heavy atom. The number of hydrogen-bond donors (Lipinski definition) is 1. The zero-order valence-corrected chi connectivity index (χ0v) is 18.8. The summed E-state index contributed by atoms with van der Waals surface area (Å²) in [6, 6.07) is 24.4. The van der Waals surface area contributed by atoms with Crippen LogP contribution in [0.25, 0.3) is 10.9 Å². The zero-order valence-electron chi connectivity index (χ0n) is 18.0. The molecule has 4 aromatic rings. The van der Waals surface area contributed by atoms with E-state index in [-0.39, 0.29) is 18.0 Å². The number of nitrogens with zero attached hydrogens (tertiary/aromatic N) is 2. The summed E-state index contributed by atoms with van der Waals surface area (Å²) >= 11 is 5.99. The molecule has 3 heterocycles. The highest BCUT2D eigenvalue weighted by atomic mass is 32.1. The third-order valence-electron chi connectivity index (χ3n) is 6.76. The van der Waals surface area contributed by atoms with Crippen LogP contribution < -0.4 is 4.90 Å². The summed E-state index contributed by atoms with van der Waals surface area (Å²) in [5, 5.41) is 1.76. The van der Waals surface area contributed by atoms with E-state index in [0.717, 1.165) is 28.0 Å². The SMILES string of the molecule is Cc1ccc(N2C(=O)[C@@H]3Cc4c([nH]c5ccccc45)[C@@H](c4ccccc4)N3C2=S)c(C)c1. The van der Waals surface area contributed by atoms with E-state index < -0.39 is 0 Å². The first kappa shape index (κ1) is 19.3. The fourth-order valence-corrected chi connectivity index (χ4v) is 5.76. The lowest BCUT2D eigenvalue weighted by Crippen LogP contribution is -2.44. The van der Waals surface area contributed by atoms with E-state index in [1.165, 1.54) is 16.5 Å². The second-order valence-corrected chi connectivity index (χ2v) is 9.11. The number of rotatable bonds is 2. The zero-order chi connectivity index (χ0) is 22.0. The van der Waals surface area contributed by atoms with Crippen LogP contribution in [0.5, 0.6) is 0 Å². The van der Waals surface area contributed by atoms with Gasteiger partial charge in [0.2, 0.25) is 0 Å². The van der Waals surface area contributed by atoms with Crippen LogP contribution in [-0.4, -0.2) is 26.9 Å². The lowest BCUT2D eigenvalue weighted by Gasteiger charge is -2.37. The minimum absolute atomic E-state index is 0.0545. The van der Waals surface area contributed by atoms with Crippen LogP contribution in [0.1, 0.15) is 34.0 Å². The van der Waals surface area contributed by atoms with Gasteiger partial charge in [0, 0.05) is 23.0 Å². The predicted octanol–water partition coefficient (Wildman–Crippen LogP) is 5.43. The summed E-state index contributed by atoms with van der Waals surface area (Å²) < 4.78 is 0. The molecule has 1 N–H and O–H groups in total. The van der Waals surface area contributed by atoms with Crippen molar-refractivity contribution >= 4 is 39.8 Å². The van der Waals surface area contributed by atoms with Gasteiger partial charge >= 0.3 is 0 Å². The average molecular weight is 438 g/mol. The van der Waals surface area contributed by atoms with Crippen molar-refractivity contribution in [3.63, 3.8) is 0 Å². The molecule has 2 aliphatic rings. The van der Waals surface area contributed by atoms with Crippen LogP contribution >= 0.6 is 12.2 Å². The highest BCUT2D eigenvalue weighted by Gasteiger charge is 2.51. The number of amides is 1. The number of aryl methyl sites for hydroxylation is 2. The number of aromatic nitrogens is 1. The molecule has 6 rings (SSSR count). The summed E-state index contributed by atoms with van der Waals surface area (Å²) in [7, 11) is 0. The molecule has 0 aliphatic carbocycles. The smallest absolute Gasteiger partial charge is 0.256 e. The Balaban J connectivity index is 1.55. The Hall–Kier alpha value is -3.44. The van der Waals surface area contributed by atoms with Crippen molar-refractivity contribution in [2.45, 2.75) is 32.4 Å². The standard InChI is InChI=1S/C27H23N3OS/c1-16-12-13-22(17(2)14-16)30-26(31)23-15-20-19-10-6-7-11-21(19)28-24(20)25(29(23)27(30)32)18-8-4-3-5-9-18/h3-14,23,25,28H,15H2,1-2H3/t23-,25+/m0/s1. The van der Waals surface area contributed by atoms with Crippen LogP contribution in [0.4, 0.5) is 5.69 Å². The molecule has 1 fully saturated rings. The lowest BCUT2D eigenvalue weighted by molar-refractivity contribution is -0.120. The monoisotopic (exact) mass is 437 g/mol. The summed E-state index contributed by atoms with van der Waals surface area (Å²) in [5.74, 6) is 0.0545. The number of thiocarbonyl (C=S) groups is 1. The number of carbonyl (C=O) groups is 1. The van der Waals surface area contributed by atoms with Gasteiger partial charge in [-0.1, -0.05) is 66.2 Å². The topological polar surface area (TPSA) is 39.3 Å². The van der Waals surface area contributed by atoms with Gasteiger partial charge in [-0.3, -0.25) is 9.69 Å². The molecule has 4 nitrogen and oxygen atoms in total. The number of para-hydroxylation sites is 1. The summed E-state index contributed by atoms with van der Waals surface area (Å²) in [6.45, 7) is 4.10. The average Bonchev–Trinajstić information content (AvgIpc) is 3.28. The van der Waals surface area contributed by atoms with Crippen molar-refractivity contribution in [2.24, 2.45) is 0 Å². The van der Waals surface area contributed by atoms with E-state index in [9.17, 15) is 4.79 Å². The Morgan fingerprint density at radius 1 is 0.969 bits per heavy atom. The highest BCUT2D eigenvalue weighted by Crippen LogP contribution is 2.45. The van der Waals surface area contributed by atoms with Crippen molar-refractivity contribution in [3.05, 3.63) is 101 Å². The van der Waals surface area contributed by atoms with Crippen LogP contribution in [0.15, 0.2) is 72.8 Å². The van der Waals surface area contributed by atoms with Gasteiger partial charge < -0.3 is 9.88 Å². The second-order valence-electron chi connectivity index (χ2n) is 8.75. The number of nitrogens with one attached hydrogen (secondary N) is 1. The van der Waals surface area contributed by atoms with Crippen LogP contribution in [0.3, 0.4) is 0 Å².